The van der Waals surface area contributed by atoms with Crippen LogP contribution in [0.3, 0.4) is 0 Å². The van der Waals surface area contributed by atoms with E-state index in [-0.39, 0.29) is 5.69 Å². The van der Waals surface area contributed by atoms with E-state index in [0.717, 1.165) is 24.1 Å². The molecule has 0 radical (unpaired) electrons. The molecule has 2 aromatic rings. The zero-order valence-electron chi connectivity index (χ0n) is 14.4. The summed E-state index contributed by atoms with van der Waals surface area (Å²) in [5.74, 6) is -1.01. The van der Waals surface area contributed by atoms with Crippen LogP contribution in [0.25, 0.3) is 5.69 Å². The van der Waals surface area contributed by atoms with Gasteiger partial charge in [0.15, 0.2) is 5.69 Å². The predicted octanol–water partition coefficient (Wildman–Crippen LogP) is 2.34. The van der Waals surface area contributed by atoms with Gasteiger partial charge in [0, 0.05) is 0 Å². The summed E-state index contributed by atoms with van der Waals surface area (Å²) >= 11 is 0. The second-order valence-corrected chi connectivity index (χ2v) is 6.91. The van der Waals surface area contributed by atoms with Crippen molar-refractivity contribution in [2.24, 2.45) is 5.92 Å². The Morgan fingerprint density at radius 3 is 2.68 bits per heavy atom. The van der Waals surface area contributed by atoms with Gasteiger partial charge in [-0.3, -0.25) is 4.79 Å². The highest BCUT2D eigenvalue weighted by Crippen LogP contribution is 2.32. The molecule has 1 amide bonds. The standard InChI is InChI=1S/C18H22N4O3/c1-12-6-8-18(9-7-12,17(24)25)19-16(23)15-11-22(21-20-15)14-5-3-4-13(2)10-14/h3-5,10-12H,6-9H2,1-2H3,(H,19,23)(H,24,25). The van der Waals surface area contributed by atoms with Gasteiger partial charge in [-0.1, -0.05) is 24.3 Å². The Balaban J connectivity index is 1.78. The first-order valence-electron chi connectivity index (χ1n) is 8.45. The van der Waals surface area contributed by atoms with Crippen molar-refractivity contribution in [1.29, 1.82) is 0 Å². The molecule has 3 rings (SSSR count). The number of nitrogens with one attached hydrogen (secondary N) is 1. The maximum absolute atomic E-state index is 12.5. The number of carboxylic acids is 1. The SMILES string of the molecule is Cc1cccc(-n2cc(C(=O)NC3(C(=O)O)CCC(C)CC3)nn2)c1. The molecule has 0 spiro atoms. The number of aromatic nitrogens is 3. The number of aliphatic carboxylic acids is 1. The highest BCUT2D eigenvalue weighted by molar-refractivity contribution is 5.96. The summed E-state index contributed by atoms with van der Waals surface area (Å²) in [4.78, 5) is 24.3. The summed E-state index contributed by atoms with van der Waals surface area (Å²) in [7, 11) is 0. The number of amides is 1. The lowest BCUT2D eigenvalue weighted by molar-refractivity contribution is -0.146. The van der Waals surface area contributed by atoms with E-state index in [1.165, 1.54) is 10.9 Å². The maximum Gasteiger partial charge on any atom is 0.329 e. The van der Waals surface area contributed by atoms with Crippen molar-refractivity contribution < 1.29 is 14.7 Å². The molecule has 25 heavy (non-hydrogen) atoms. The number of rotatable bonds is 4. The first-order chi connectivity index (χ1) is 11.9. The van der Waals surface area contributed by atoms with E-state index in [2.05, 4.69) is 22.6 Å². The molecule has 2 N–H and O–H groups in total. The quantitative estimate of drug-likeness (QED) is 0.889. The highest BCUT2D eigenvalue weighted by atomic mass is 16.4. The lowest BCUT2D eigenvalue weighted by Crippen LogP contribution is -2.56. The van der Waals surface area contributed by atoms with Crippen LogP contribution in [-0.2, 0) is 4.79 Å². The summed E-state index contributed by atoms with van der Waals surface area (Å²) in [6.45, 7) is 4.07. The zero-order chi connectivity index (χ0) is 18.0. The minimum atomic E-state index is -1.21. The highest BCUT2D eigenvalue weighted by Gasteiger charge is 2.43. The Morgan fingerprint density at radius 2 is 2.04 bits per heavy atom. The van der Waals surface area contributed by atoms with Gasteiger partial charge in [-0.2, -0.15) is 0 Å². The van der Waals surface area contributed by atoms with E-state index >= 15 is 0 Å². The number of hydrogen-bond acceptors (Lipinski definition) is 4. The lowest BCUT2D eigenvalue weighted by atomic mass is 9.77. The van der Waals surface area contributed by atoms with Crippen LogP contribution in [-0.4, -0.2) is 37.5 Å². The van der Waals surface area contributed by atoms with E-state index in [4.69, 9.17) is 0 Å². The number of carboxylic acid groups (broad SMARTS) is 1. The van der Waals surface area contributed by atoms with Crippen molar-refractivity contribution >= 4 is 11.9 Å². The molecular formula is C18H22N4O3. The molecule has 1 aromatic carbocycles. The topological polar surface area (TPSA) is 97.1 Å². The smallest absolute Gasteiger partial charge is 0.329 e. The minimum absolute atomic E-state index is 0.112. The number of hydrogen-bond donors (Lipinski definition) is 2. The molecule has 0 atom stereocenters. The monoisotopic (exact) mass is 342 g/mol. The van der Waals surface area contributed by atoms with Gasteiger partial charge in [-0.05, 0) is 56.2 Å². The normalized spacial score (nSPS) is 23.2. The Hall–Kier alpha value is -2.70. The van der Waals surface area contributed by atoms with Crippen LogP contribution in [0.5, 0.6) is 0 Å². The zero-order valence-corrected chi connectivity index (χ0v) is 14.4. The Labute approximate surface area is 146 Å². The summed E-state index contributed by atoms with van der Waals surface area (Å²) < 4.78 is 1.51. The van der Waals surface area contributed by atoms with Crippen molar-refractivity contribution in [3.63, 3.8) is 0 Å². The van der Waals surface area contributed by atoms with Gasteiger partial charge in [0.25, 0.3) is 5.91 Å². The van der Waals surface area contributed by atoms with Crippen LogP contribution in [0.2, 0.25) is 0 Å². The van der Waals surface area contributed by atoms with Gasteiger partial charge in [-0.15, -0.1) is 5.10 Å². The molecule has 1 heterocycles. The van der Waals surface area contributed by atoms with Crippen LogP contribution >= 0.6 is 0 Å². The van der Waals surface area contributed by atoms with Crippen molar-refractivity contribution in [2.75, 3.05) is 0 Å². The van der Waals surface area contributed by atoms with Gasteiger partial charge in [0.1, 0.15) is 5.54 Å². The second-order valence-electron chi connectivity index (χ2n) is 6.91. The van der Waals surface area contributed by atoms with Gasteiger partial charge in [0.05, 0.1) is 11.9 Å². The number of benzene rings is 1. The molecule has 0 bridgehead atoms. The third-order valence-corrected chi connectivity index (χ3v) is 4.88. The van der Waals surface area contributed by atoms with Crippen LogP contribution in [0, 0.1) is 12.8 Å². The fourth-order valence-electron chi connectivity index (χ4n) is 3.19. The first kappa shape index (κ1) is 17.1. The second kappa shape index (κ2) is 6.66. The van der Waals surface area contributed by atoms with E-state index < -0.39 is 17.4 Å². The van der Waals surface area contributed by atoms with Crippen molar-refractivity contribution in [3.05, 3.63) is 41.7 Å². The lowest BCUT2D eigenvalue weighted by Gasteiger charge is -2.36. The molecule has 1 saturated carbocycles. The van der Waals surface area contributed by atoms with Crippen LogP contribution in [0.1, 0.15) is 48.7 Å². The Morgan fingerprint density at radius 1 is 1.32 bits per heavy atom. The fourth-order valence-corrected chi connectivity index (χ4v) is 3.19. The number of carbonyl (C=O) groups excluding carboxylic acids is 1. The first-order valence-corrected chi connectivity index (χ1v) is 8.45. The van der Waals surface area contributed by atoms with Crippen molar-refractivity contribution in [1.82, 2.24) is 20.3 Å². The van der Waals surface area contributed by atoms with Crippen LogP contribution < -0.4 is 5.32 Å². The van der Waals surface area contributed by atoms with Crippen LogP contribution in [0.4, 0.5) is 0 Å². The van der Waals surface area contributed by atoms with E-state index in [1.54, 1.807) is 0 Å². The molecule has 0 aliphatic heterocycles. The molecule has 7 heteroatoms. The molecular weight excluding hydrogens is 320 g/mol. The Bertz CT molecular complexity index is 791. The third kappa shape index (κ3) is 3.55. The summed E-state index contributed by atoms with van der Waals surface area (Å²) in [6, 6.07) is 7.66. The Kier molecular flexibility index (Phi) is 4.57. The molecule has 0 unspecified atom stereocenters. The molecule has 1 aliphatic carbocycles. The average molecular weight is 342 g/mol. The molecule has 132 valence electrons. The van der Waals surface area contributed by atoms with E-state index in [0.29, 0.717) is 18.8 Å². The molecule has 1 aromatic heterocycles. The summed E-state index contributed by atoms with van der Waals surface area (Å²) in [5.41, 5.74) is 0.767. The van der Waals surface area contributed by atoms with Gasteiger partial charge < -0.3 is 10.4 Å². The van der Waals surface area contributed by atoms with Crippen molar-refractivity contribution in [3.8, 4) is 5.69 Å². The largest absolute Gasteiger partial charge is 0.480 e. The van der Waals surface area contributed by atoms with Crippen LogP contribution in [0.15, 0.2) is 30.5 Å². The summed E-state index contributed by atoms with van der Waals surface area (Å²) in [6.07, 6.45) is 3.94. The van der Waals surface area contributed by atoms with Crippen molar-refractivity contribution in [2.45, 2.75) is 45.1 Å². The van der Waals surface area contributed by atoms with E-state index in [1.807, 2.05) is 31.2 Å². The summed E-state index contributed by atoms with van der Waals surface area (Å²) in [5, 5.41) is 20.2. The molecule has 7 nitrogen and oxygen atoms in total. The average Bonchev–Trinajstić information content (AvgIpc) is 3.07. The number of aryl methyl sites for hydroxylation is 1. The van der Waals surface area contributed by atoms with Gasteiger partial charge in [0.2, 0.25) is 0 Å². The fraction of sp³-hybridized carbons (Fsp3) is 0.444. The number of nitrogens with zero attached hydrogens (tertiary/aromatic N) is 3. The predicted molar refractivity (Wildman–Crippen MR) is 91.6 cm³/mol. The molecule has 1 aliphatic rings. The maximum atomic E-state index is 12.5. The molecule has 0 saturated heterocycles. The minimum Gasteiger partial charge on any atom is -0.480 e. The van der Waals surface area contributed by atoms with E-state index in [9.17, 15) is 14.7 Å². The number of carbonyl (C=O) groups is 2. The third-order valence-electron chi connectivity index (χ3n) is 4.88. The van der Waals surface area contributed by atoms with Gasteiger partial charge >= 0.3 is 5.97 Å². The van der Waals surface area contributed by atoms with Gasteiger partial charge in [-0.25, -0.2) is 9.48 Å². The molecule has 1 fully saturated rings.